The van der Waals surface area contributed by atoms with Crippen LogP contribution < -0.4 is 16.0 Å². The summed E-state index contributed by atoms with van der Waals surface area (Å²) in [5.41, 5.74) is 2.55. The first-order chi connectivity index (χ1) is 11.5. The summed E-state index contributed by atoms with van der Waals surface area (Å²) >= 11 is 0. The van der Waals surface area contributed by atoms with Crippen molar-refractivity contribution in [1.29, 1.82) is 5.26 Å². The Morgan fingerprint density at radius 3 is 2.29 bits per heavy atom. The zero-order valence-corrected chi connectivity index (χ0v) is 13.5. The Morgan fingerprint density at radius 1 is 1.00 bits per heavy atom. The molecule has 1 atom stereocenters. The number of rotatable bonds is 5. The molecular weight excluding hydrogens is 304 g/mol. The molecule has 0 heterocycles. The lowest BCUT2D eigenvalue weighted by molar-refractivity contribution is -0.116. The summed E-state index contributed by atoms with van der Waals surface area (Å²) in [6.07, 6.45) is 0. The van der Waals surface area contributed by atoms with Crippen LogP contribution in [0.15, 0.2) is 48.5 Å². The number of nitrogens with zero attached hydrogens (tertiary/aromatic N) is 1. The molecular formula is C18H18N4O2. The third kappa shape index (κ3) is 4.85. The Morgan fingerprint density at radius 2 is 1.67 bits per heavy atom. The minimum absolute atomic E-state index is 0.154. The molecule has 0 unspecified atom stereocenters. The molecule has 2 aromatic carbocycles. The molecule has 6 nitrogen and oxygen atoms in total. The van der Waals surface area contributed by atoms with Gasteiger partial charge in [-0.1, -0.05) is 6.07 Å². The average Bonchev–Trinajstić information content (AvgIpc) is 2.55. The Hall–Kier alpha value is -3.33. The lowest BCUT2D eigenvalue weighted by Gasteiger charge is -2.16. The quantitative estimate of drug-likeness (QED) is 0.789. The van der Waals surface area contributed by atoms with Crippen LogP contribution in [0.25, 0.3) is 0 Å². The number of amides is 2. The van der Waals surface area contributed by atoms with Crippen LogP contribution >= 0.6 is 0 Å². The summed E-state index contributed by atoms with van der Waals surface area (Å²) in [5.74, 6) is -0.358. The van der Waals surface area contributed by atoms with Gasteiger partial charge in [-0.25, -0.2) is 0 Å². The van der Waals surface area contributed by atoms with Gasteiger partial charge >= 0.3 is 0 Å². The van der Waals surface area contributed by atoms with E-state index in [2.05, 4.69) is 16.0 Å². The SMILES string of the molecule is CC(=O)Nc1cccc(N[C@@H](C)C(=O)Nc2ccc(C#N)cc2)c1. The van der Waals surface area contributed by atoms with Crippen LogP contribution in [0, 0.1) is 11.3 Å². The van der Waals surface area contributed by atoms with Gasteiger partial charge in [0.1, 0.15) is 6.04 Å². The smallest absolute Gasteiger partial charge is 0.246 e. The number of hydrogen-bond donors (Lipinski definition) is 3. The second-order valence-corrected chi connectivity index (χ2v) is 5.31. The highest BCUT2D eigenvalue weighted by molar-refractivity contribution is 5.96. The van der Waals surface area contributed by atoms with E-state index >= 15 is 0 Å². The van der Waals surface area contributed by atoms with E-state index in [1.165, 1.54) is 6.92 Å². The molecule has 0 saturated carbocycles. The maximum atomic E-state index is 12.2. The summed E-state index contributed by atoms with van der Waals surface area (Å²) in [7, 11) is 0. The van der Waals surface area contributed by atoms with E-state index in [0.717, 1.165) is 5.69 Å². The summed E-state index contributed by atoms with van der Waals surface area (Å²) in [6, 6.07) is 15.3. The van der Waals surface area contributed by atoms with Gasteiger partial charge in [0.25, 0.3) is 0 Å². The number of benzene rings is 2. The molecule has 0 aliphatic rings. The number of carbonyl (C=O) groups excluding carboxylic acids is 2. The highest BCUT2D eigenvalue weighted by Crippen LogP contribution is 2.16. The molecule has 0 aliphatic heterocycles. The Bertz CT molecular complexity index is 778. The predicted octanol–water partition coefficient (Wildman–Crippen LogP) is 2.96. The molecule has 0 saturated heterocycles. The second-order valence-electron chi connectivity index (χ2n) is 5.31. The number of hydrogen-bond acceptors (Lipinski definition) is 4. The first kappa shape index (κ1) is 17.0. The molecule has 2 amide bonds. The summed E-state index contributed by atoms with van der Waals surface area (Å²) in [5, 5.41) is 17.3. The maximum absolute atomic E-state index is 12.2. The molecule has 24 heavy (non-hydrogen) atoms. The van der Waals surface area contributed by atoms with E-state index in [0.29, 0.717) is 16.9 Å². The molecule has 0 aliphatic carbocycles. The zero-order chi connectivity index (χ0) is 17.5. The second kappa shape index (κ2) is 7.79. The highest BCUT2D eigenvalue weighted by Gasteiger charge is 2.13. The maximum Gasteiger partial charge on any atom is 0.246 e. The molecule has 3 N–H and O–H groups in total. The Labute approximate surface area is 140 Å². The van der Waals surface area contributed by atoms with Crippen molar-refractivity contribution in [2.24, 2.45) is 0 Å². The van der Waals surface area contributed by atoms with Gasteiger partial charge < -0.3 is 16.0 Å². The standard InChI is InChI=1S/C18H18N4O2/c1-12(18(24)22-15-8-6-14(11-19)7-9-15)20-16-4-3-5-17(10-16)21-13(2)23/h3-10,12,20H,1-2H3,(H,21,23)(H,22,24)/t12-/m0/s1. The Balaban J connectivity index is 1.98. The number of anilines is 3. The van der Waals surface area contributed by atoms with E-state index in [1.807, 2.05) is 12.1 Å². The molecule has 122 valence electrons. The molecule has 0 radical (unpaired) electrons. The fourth-order valence-corrected chi connectivity index (χ4v) is 2.08. The van der Waals surface area contributed by atoms with Gasteiger partial charge in [0.05, 0.1) is 11.6 Å². The van der Waals surface area contributed by atoms with Crippen LogP contribution in [0.2, 0.25) is 0 Å². The first-order valence-corrected chi connectivity index (χ1v) is 7.43. The van der Waals surface area contributed by atoms with Crippen LogP contribution in [0.4, 0.5) is 17.1 Å². The van der Waals surface area contributed by atoms with Crippen LogP contribution in [0.5, 0.6) is 0 Å². The van der Waals surface area contributed by atoms with Gasteiger partial charge in [-0.05, 0) is 49.4 Å². The number of carbonyl (C=O) groups is 2. The van der Waals surface area contributed by atoms with Crippen molar-refractivity contribution < 1.29 is 9.59 Å². The third-order valence-corrected chi connectivity index (χ3v) is 3.24. The van der Waals surface area contributed by atoms with Crippen molar-refractivity contribution in [3.63, 3.8) is 0 Å². The summed E-state index contributed by atoms with van der Waals surface area (Å²) < 4.78 is 0. The van der Waals surface area contributed by atoms with E-state index in [4.69, 9.17) is 5.26 Å². The normalized spacial score (nSPS) is 11.0. The van der Waals surface area contributed by atoms with E-state index < -0.39 is 6.04 Å². The number of nitriles is 1. The van der Waals surface area contributed by atoms with Crippen molar-refractivity contribution in [2.45, 2.75) is 19.9 Å². The molecule has 2 aromatic rings. The molecule has 0 fully saturated rings. The lowest BCUT2D eigenvalue weighted by atomic mass is 10.2. The van der Waals surface area contributed by atoms with Crippen molar-refractivity contribution >= 4 is 28.9 Å². The highest BCUT2D eigenvalue weighted by atomic mass is 16.2. The van der Waals surface area contributed by atoms with Gasteiger partial charge in [-0.15, -0.1) is 0 Å². The Kier molecular flexibility index (Phi) is 5.53. The van der Waals surface area contributed by atoms with Crippen molar-refractivity contribution in [3.05, 3.63) is 54.1 Å². The summed E-state index contributed by atoms with van der Waals surface area (Å²) in [6.45, 7) is 3.18. The van der Waals surface area contributed by atoms with Crippen molar-refractivity contribution in [3.8, 4) is 6.07 Å². The van der Waals surface area contributed by atoms with E-state index in [1.54, 1.807) is 49.4 Å². The molecule has 0 aromatic heterocycles. The van der Waals surface area contributed by atoms with Gasteiger partial charge in [0.15, 0.2) is 0 Å². The van der Waals surface area contributed by atoms with Crippen LogP contribution in [-0.4, -0.2) is 17.9 Å². The molecule has 2 rings (SSSR count). The fraction of sp³-hybridized carbons (Fsp3) is 0.167. The van der Waals surface area contributed by atoms with Crippen LogP contribution in [0.3, 0.4) is 0 Å². The van der Waals surface area contributed by atoms with Gasteiger partial charge in [0.2, 0.25) is 11.8 Å². The monoisotopic (exact) mass is 322 g/mol. The lowest BCUT2D eigenvalue weighted by Crippen LogP contribution is -2.31. The third-order valence-electron chi connectivity index (χ3n) is 3.24. The minimum atomic E-state index is -0.478. The predicted molar refractivity (Wildman–Crippen MR) is 93.6 cm³/mol. The van der Waals surface area contributed by atoms with E-state index in [9.17, 15) is 9.59 Å². The molecule has 0 bridgehead atoms. The van der Waals surface area contributed by atoms with Crippen LogP contribution in [-0.2, 0) is 9.59 Å². The fourth-order valence-electron chi connectivity index (χ4n) is 2.08. The summed E-state index contributed by atoms with van der Waals surface area (Å²) in [4.78, 5) is 23.3. The molecule has 0 spiro atoms. The van der Waals surface area contributed by atoms with Crippen molar-refractivity contribution in [1.82, 2.24) is 0 Å². The molecule has 6 heteroatoms. The van der Waals surface area contributed by atoms with Crippen molar-refractivity contribution in [2.75, 3.05) is 16.0 Å². The first-order valence-electron chi connectivity index (χ1n) is 7.43. The van der Waals surface area contributed by atoms with Gasteiger partial charge in [-0.3, -0.25) is 9.59 Å². The zero-order valence-electron chi connectivity index (χ0n) is 13.5. The minimum Gasteiger partial charge on any atom is -0.374 e. The number of nitrogens with one attached hydrogen (secondary N) is 3. The largest absolute Gasteiger partial charge is 0.374 e. The topological polar surface area (TPSA) is 94.0 Å². The van der Waals surface area contributed by atoms with Gasteiger partial charge in [0, 0.05) is 24.0 Å². The van der Waals surface area contributed by atoms with Crippen LogP contribution in [0.1, 0.15) is 19.4 Å². The average molecular weight is 322 g/mol. The van der Waals surface area contributed by atoms with E-state index in [-0.39, 0.29) is 11.8 Å². The van der Waals surface area contributed by atoms with Gasteiger partial charge in [-0.2, -0.15) is 5.26 Å².